The summed E-state index contributed by atoms with van der Waals surface area (Å²) < 4.78 is 35.4. The number of halogens is 3. The molecule has 0 atom stereocenters. The number of pyridine rings is 1. The van der Waals surface area contributed by atoms with Gasteiger partial charge in [0.05, 0.1) is 5.56 Å². The van der Waals surface area contributed by atoms with Crippen LogP contribution in [0.25, 0.3) is 0 Å². The van der Waals surface area contributed by atoms with E-state index in [0.29, 0.717) is 0 Å². The molecule has 84 valence electrons. The van der Waals surface area contributed by atoms with Gasteiger partial charge in [0.15, 0.2) is 0 Å². The van der Waals surface area contributed by atoms with Gasteiger partial charge in [-0.25, -0.2) is 0 Å². The first-order valence-corrected chi connectivity index (χ1v) is 4.58. The molecule has 0 saturated heterocycles. The van der Waals surface area contributed by atoms with Crippen LogP contribution >= 0.6 is 0 Å². The Balaban J connectivity index is 0.000000181. The molecule has 0 unspecified atom stereocenters. The Kier molecular flexibility index (Phi) is 4.51. The maximum absolute atomic E-state index is 11.8. The second kappa shape index (κ2) is 5.90. The lowest BCUT2D eigenvalue weighted by Crippen LogP contribution is -2.03. The SMILES string of the molecule is FC(F)(F)c1ccccc1.c1ccncc1. The van der Waals surface area contributed by atoms with Gasteiger partial charge >= 0.3 is 6.18 Å². The van der Waals surface area contributed by atoms with E-state index in [0.717, 1.165) is 12.1 Å². The molecule has 4 heteroatoms. The highest BCUT2D eigenvalue weighted by Crippen LogP contribution is 2.28. The predicted molar refractivity (Wildman–Crippen MR) is 55.7 cm³/mol. The van der Waals surface area contributed by atoms with E-state index < -0.39 is 11.7 Å². The van der Waals surface area contributed by atoms with E-state index in [-0.39, 0.29) is 0 Å². The second-order valence-corrected chi connectivity index (χ2v) is 2.89. The molecule has 0 saturated carbocycles. The van der Waals surface area contributed by atoms with Crippen molar-refractivity contribution in [2.24, 2.45) is 0 Å². The van der Waals surface area contributed by atoms with Crippen molar-refractivity contribution < 1.29 is 13.2 Å². The Morgan fingerprint density at radius 3 is 1.50 bits per heavy atom. The van der Waals surface area contributed by atoms with E-state index in [2.05, 4.69) is 4.98 Å². The zero-order chi connectivity index (χ0) is 11.9. The zero-order valence-corrected chi connectivity index (χ0v) is 8.35. The topological polar surface area (TPSA) is 12.9 Å². The third kappa shape index (κ3) is 4.59. The van der Waals surface area contributed by atoms with Crippen LogP contribution in [0.4, 0.5) is 13.2 Å². The molecule has 1 aromatic carbocycles. The molecule has 2 rings (SSSR count). The molecule has 0 amide bonds. The van der Waals surface area contributed by atoms with Gasteiger partial charge in [0, 0.05) is 12.4 Å². The molecule has 2 aromatic rings. The van der Waals surface area contributed by atoms with Crippen LogP contribution < -0.4 is 0 Å². The Labute approximate surface area is 91.6 Å². The highest BCUT2D eigenvalue weighted by Gasteiger charge is 2.29. The smallest absolute Gasteiger partial charge is 0.265 e. The minimum Gasteiger partial charge on any atom is -0.265 e. The van der Waals surface area contributed by atoms with Crippen molar-refractivity contribution in [3.05, 3.63) is 66.5 Å². The lowest BCUT2D eigenvalue weighted by molar-refractivity contribution is -0.137. The van der Waals surface area contributed by atoms with E-state index in [1.54, 1.807) is 18.5 Å². The molecule has 1 aromatic heterocycles. The van der Waals surface area contributed by atoms with Crippen molar-refractivity contribution in [2.45, 2.75) is 6.18 Å². The molecule has 1 heterocycles. The zero-order valence-electron chi connectivity index (χ0n) is 8.35. The molecule has 0 aliphatic heterocycles. The molecule has 0 aliphatic rings. The molecule has 0 aliphatic carbocycles. The summed E-state index contributed by atoms with van der Waals surface area (Å²) in [6.07, 6.45) is -0.707. The molecule has 16 heavy (non-hydrogen) atoms. The van der Waals surface area contributed by atoms with Crippen molar-refractivity contribution in [3.8, 4) is 0 Å². The van der Waals surface area contributed by atoms with Crippen molar-refractivity contribution in [1.29, 1.82) is 0 Å². The predicted octanol–water partition coefficient (Wildman–Crippen LogP) is 3.79. The summed E-state index contributed by atoms with van der Waals surface area (Å²) in [6.45, 7) is 0. The summed E-state index contributed by atoms with van der Waals surface area (Å²) in [7, 11) is 0. The Morgan fingerprint density at radius 2 is 1.25 bits per heavy atom. The molecular formula is C12H10F3N. The van der Waals surface area contributed by atoms with Gasteiger partial charge in [0.25, 0.3) is 0 Å². The number of nitrogens with zero attached hydrogens (tertiary/aromatic N) is 1. The van der Waals surface area contributed by atoms with Gasteiger partial charge in [-0.3, -0.25) is 4.98 Å². The van der Waals surface area contributed by atoms with Crippen molar-refractivity contribution >= 4 is 0 Å². The van der Waals surface area contributed by atoms with Crippen LogP contribution in [-0.2, 0) is 6.18 Å². The number of alkyl halides is 3. The summed E-state index contributed by atoms with van der Waals surface area (Å²) in [5.41, 5.74) is -0.602. The average Bonchev–Trinajstić information content (AvgIpc) is 2.32. The third-order valence-corrected chi connectivity index (χ3v) is 1.67. The number of aromatic nitrogens is 1. The van der Waals surface area contributed by atoms with E-state index in [1.165, 1.54) is 12.1 Å². The summed E-state index contributed by atoms with van der Waals surface area (Å²) in [5, 5.41) is 0. The van der Waals surface area contributed by atoms with Gasteiger partial charge in [-0.15, -0.1) is 0 Å². The monoisotopic (exact) mass is 225 g/mol. The molecule has 1 nitrogen and oxygen atoms in total. The highest BCUT2D eigenvalue weighted by atomic mass is 19.4. The second-order valence-electron chi connectivity index (χ2n) is 2.89. The standard InChI is InChI=1S/C7H5F3.C5H5N/c8-7(9,10)6-4-2-1-3-5-6;1-2-4-6-5-3-1/h1-5H;1-5H. The van der Waals surface area contributed by atoms with Gasteiger partial charge in [-0.05, 0) is 12.1 Å². The minimum absolute atomic E-state index is 0.602. The van der Waals surface area contributed by atoms with E-state index in [1.807, 2.05) is 18.2 Å². The summed E-state index contributed by atoms with van der Waals surface area (Å²) in [4.78, 5) is 3.78. The normalized spacial score (nSPS) is 10.2. The first-order chi connectivity index (χ1) is 7.61. The summed E-state index contributed by atoms with van der Waals surface area (Å²) >= 11 is 0. The Morgan fingerprint density at radius 1 is 0.750 bits per heavy atom. The summed E-state index contributed by atoms with van der Waals surface area (Å²) in [6, 6.07) is 12.1. The van der Waals surface area contributed by atoms with Gasteiger partial charge in [-0.1, -0.05) is 36.4 Å². The lowest BCUT2D eigenvalue weighted by Gasteiger charge is -2.03. The maximum Gasteiger partial charge on any atom is 0.416 e. The molecule has 0 spiro atoms. The number of rotatable bonds is 0. The number of hydrogen-bond donors (Lipinski definition) is 0. The van der Waals surface area contributed by atoms with Crippen molar-refractivity contribution in [1.82, 2.24) is 4.98 Å². The fraction of sp³-hybridized carbons (Fsp3) is 0.0833. The van der Waals surface area contributed by atoms with Crippen LogP contribution in [0.5, 0.6) is 0 Å². The first kappa shape index (κ1) is 12.2. The van der Waals surface area contributed by atoms with E-state index >= 15 is 0 Å². The minimum atomic E-state index is -4.21. The first-order valence-electron chi connectivity index (χ1n) is 4.58. The maximum atomic E-state index is 11.8. The molecule has 0 N–H and O–H groups in total. The van der Waals surface area contributed by atoms with Crippen LogP contribution in [0.3, 0.4) is 0 Å². The molecule has 0 bridgehead atoms. The number of hydrogen-bond acceptors (Lipinski definition) is 1. The fourth-order valence-electron chi connectivity index (χ4n) is 0.940. The van der Waals surface area contributed by atoms with Crippen LogP contribution in [0.2, 0.25) is 0 Å². The largest absolute Gasteiger partial charge is 0.416 e. The Bertz CT molecular complexity index is 357. The lowest BCUT2D eigenvalue weighted by atomic mass is 10.2. The van der Waals surface area contributed by atoms with Crippen LogP contribution in [0, 0.1) is 0 Å². The van der Waals surface area contributed by atoms with Crippen molar-refractivity contribution in [2.75, 3.05) is 0 Å². The summed E-state index contributed by atoms with van der Waals surface area (Å²) in [5.74, 6) is 0. The van der Waals surface area contributed by atoms with Gasteiger partial charge in [0.2, 0.25) is 0 Å². The van der Waals surface area contributed by atoms with Gasteiger partial charge in [-0.2, -0.15) is 13.2 Å². The van der Waals surface area contributed by atoms with Crippen LogP contribution in [-0.4, -0.2) is 4.98 Å². The highest BCUT2D eigenvalue weighted by molar-refractivity contribution is 5.17. The molecule has 0 fully saturated rings. The van der Waals surface area contributed by atoms with Gasteiger partial charge in [0.1, 0.15) is 0 Å². The number of benzene rings is 1. The third-order valence-electron chi connectivity index (χ3n) is 1.67. The van der Waals surface area contributed by atoms with Crippen LogP contribution in [0.15, 0.2) is 60.9 Å². The van der Waals surface area contributed by atoms with E-state index in [9.17, 15) is 13.2 Å². The van der Waals surface area contributed by atoms with Crippen molar-refractivity contribution in [3.63, 3.8) is 0 Å². The Hall–Kier alpha value is -1.84. The quantitative estimate of drug-likeness (QED) is 0.664. The van der Waals surface area contributed by atoms with Crippen LogP contribution in [0.1, 0.15) is 5.56 Å². The molecular weight excluding hydrogens is 215 g/mol. The molecule has 0 radical (unpaired) electrons. The van der Waals surface area contributed by atoms with Gasteiger partial charge < -0.3 is 0 Å². The fourth-order valence-corrected chi connectivity index (χ4v) is 0.940. The average molecular weight is 225 g/mol. The van der Waals surface area contributed by atoms with E-state index in [4.69, 9.17) is 0 Å².